The fourth-order valence-corrected chi connectivity index (χ4v) is 2.79. The SMILES string of the molecule is [2H]C1([2H])Oc2ccc(OC3CCN(C(=O)OC(C)(C)C)CC3)c(C)c2OC1([2H])[2H]. The zero-order valence-corrected chi connectivity index (χ0v) is 15.0. The largest absolute Gasteiger partial charge is 0.490 e. The fourth-order valence-electron chi connectivity index (χ4n) is 2.79. The summed E-state index contributed by atoms with van der Waals surface area (Å²) >= 11 is 0. The van der Waals surface area contributed by atoms with E-state index in [4.69, 9.17) is 24.4 Å². The highest BCUT2D eigenvalue weighted by atomic mass is 16.6. The number of amides is 1. The first-order chi connectivity index (χ1) is 13.3. The van der Waals surface area contributed by atoms with Crippen LogP contribution in [0.4, 0.5) is 4.79 Å². The van der Waals surface area contributed by atoms with Crippen molar-refractivity contribution in [1.82, 2.24) is 4.90 Å². The van der Waals surface area contributed by atoms with Crippen LogP contribution in [0.5, 0.6) is 17.2 Å². The van der Waals surface area contributed by atoms with Crippen LogP contribution < -0.4 is 14.2 Å². The number of hydrogen-bond donors (Lipinski definition) is 0. The van der Waals surface area contributed by atoms with Crippen molar-refractivity contribution in [2.24, 2.45) is 0 Å². The van der Waals surface area contributed by atoms with Crippen LogP contribution in [0.25, 0.3) is 0 Å². The Morgan fingerprint density at radius 2 is 1.92 bits per heavy atom. The maximum atomic E-state index is 12.2. The molecule has 6 heteroatoms. The summed E-state index contributed by atoms with van der Waals surface area (Å²) in [5, 5.41) is 0. The van der Waals surface area contributed by atoms with Gasteiger partial charge in [-0.3, -0.25) is 0 Å². The third-order valence-corrected chi connectivity index (χ3v) is 4.06. The first-order valence-electron chi connectivity index (χ1n) is 10.5. The van der Waals surface area contributed by atoms with Gasteiger partial charge in [0.05, 0.1) is 5.48 Å². The molecule has 1 amide bonds. The van der Waals surface area contributed by atoms with E-state index in [0.29, 0.717) is 37.2 Å². The number of hydrogen-bond acceptors (Lipinski definition) is 5. The van der Waals surface area contributed by atoms with Gasteiger partial charge >= 0.3 is 6.09 Å². The van der Waals surface area contributed by atoms with Crippen LogP contribution in [-0.4, -0.2) is 48.9 Å². The van der Waals surface area contributed by atoms with Crippen molar-refractivity contribution >= 4 is 6.09 Å². The number of carbonyl (C=O) groups is 1. The molecular formula is C19H27NO5. The molecule has 1 fully saturated rings. The summed E-state index contributed by atoms with van der Waals surface area (Å²) in [6, 6.07) is 3.18. The summed E-state index contributed by atoms with van der Waals surface area (Å²) in [6.07, 6.45) is 0.827. The predicted octanol–water partition coefficient (Wildman–Crippen LogP) is 3.54. The summed E-state index contributed by atoms with van der Waals surface area (Å²) in [4.78, 5) is 13.8. The number of piperidine rings is 1. The minimum atomic E-state index is -2.62. The number of fused-ring (bicyclic) bond motifs is 1. The number of carbonyl (C=O) groups excluding carboxylic acids is 1. The zero-order chi connectivity index (χ0) is 21.6. The third kappa shape index (κ3) is 4.30. The lowest BCUT2D eigenvalue weighted by Gasteiger charge is -2.34. The van der Waals surface area contributed by atoms with Crippen LogP contribution in [0.15, 0.2) is 12.1 Å². The number of likely N-dealkylation sites (tertiary alicyclic amines) is 1. The molecule has 0 spiro atoms. The van der Waals surface area contributed by atoms with Crippen molar-refractivity contribution in [3.63, 3.8) is 0 Å². The van der Waals surface area contributed by atoms with Crippen molar-refractivity contribution in [3.05, 3.63) is 17.7 Å². The van der Waals surface area contributed by atoms with Crippen LogP contribution in [0, 0.1) is 6.92 Å². The van der Waals surface area contributed by atoms with Gasteiger partial charge in [0.25, 0.3) is 0 Å². The lowest BCUT2D eigenvalue weighted by Crippen LogP contribution is -2.44. The van der Waals surface area contributed by atoms with Crippen LogP contribution >= 0.6 is 0 Å². The quantitative estimate of drug-likeness (QED) is 0.814. The molecule has 2 aliphatic rings. The molecule has 1 aromatic rings. The Morgan fingerprint density at radius 3 is 2.60 bits per heavy atom. The van der Waals surface area contributed by atoms with Crippen molar-refractivity contribution in [2.75, 3.05) is 26.2 Å². The average molecular weight is 353 g/mol. The average Bonchev–Trinajstić information content (AvgIpc) is 2.58. The molecule has 1 aromatic carbocycles. The van der Waals surface area contributed by atoms with Crippen molar-refractivity contribution in [1.29, 1.82) is 0 Å². The minimum absolute atomic E-state index is 0.113. The van der Waals surface area contributed by atoms with Gasteiger partial charge in [0, 0.05) is 31.5 Å². The summed E-state index contributed by atoms with van der Waals surface area (Å²) in [7, 11) is 0. The molecule has 1 saturated heterocycles. The second-order valence-corrected chi connectivity index (χ2v) is 7.21. The van der Waals surface area contributed by atoms with E-state index in [-0.39, 0.29) is 23.7 Å². The molecule has 0 unspecified atom stereocenters. The number of benzene rings is 1. The molecular weight excluding hydrogens is 322 g/mol. The Morgan fingerprint density at radius 1 is 1.24 bits per heavy atom. The highest BCUT2D eigenvalue weighted by molar-refractivity contribution is 5.68. The predicted molar refractivity (Wildman–Crippen MR) is 93.6 cm³/mol. The second kappa shape index (κ2) is 7.02. The lowest BCUT2D eigenvalue weighted by molar-refractivity contribution is 0.0125. The molecule has 3 rings (SSSR count). The van der Waals surface area contributed by atoms with Crippen molar-refractivity contribution in [2.45, 2.75) is 52.2 Å². The van der Waals surface area contributed by atoms with Gasteiger partial charge in [-0.1, -0.05) is 0 Å². The third-order valence-electron chi connectivity index (χ3n) is 4.06. The number of ether oxygens (including phenoxy) is 4. The van der Waals surface area contributed by atoms with Gasteiger partial charge in [0.15, 0.2) is 11.5 Å². The minimum Gasteiger partial charge on any atom is -0.490 e. The van der Waals surface area contributed by atoms with Gasteiger partial charge in [-0.2, -0.15) is 0 Å². The summed E-state index contributed by atoms with van der Waals surface area (Å²) in [5.41, 5.74) is 0.00400. The molecule has 6 nitrogen and oxygen atoms in total. The Balaban J connectivity index is 1.65. The van der Waals surface area contributed by atoms with E-state index < -0.39 is 18.7 Å². The van der Waals surface area contributed by atoms with Gasteiger partial charge in [0.1, 0.15) is 30.6 Å². The topological polar surface area (TPSA) is 57.2 Å². The standard InChI is InChI=1S/C19H27NO5/c1-13-15(5-6-16-17(13)23-12-11-22-16)24-14-7-9-20(10-8-14)18(21)25-19(2,3)4/h5-6,14H,7-12H2,1-4H3/i11D2,12D2. The van der Waals surface area contributed by atoms with E-state index >= 15 is 0 Å². The van der Waals surface area contributed by atoms with Crippen LogP contribution in [0.2, 0.25) is 0 Å². The van der Waals surface area contributed by atoms with E-state index in [1.165, 1.54) is 6.07 Å². The van der Waals surface area contributed by atoms with Gasteiger partial charge in [-0.25, -0.2) is 4.79 Å². The van der Waals surface area contributed by atoms with Crippen LogP contribution in [0.1, 0.15) is 44.7 Å². The molecule has 0 saturated carbocycles. The number of rotatable bonds is 2. The van der Waals surface area contributed by atoms with Crippen molar-refractivity contribution < 1.29 is 29.2 Å². The molecule has 2 aliphatic heterocycles. The summed E-state index contributed by atoms with van der Waals surface area (Å²) in [6.45, 7) is 3.03. The van der Waals surface area contributed by atoms with E-state index in [0.717, 1.165) is 0 Å². The van der Waals surface area contributed by atoms with Crippen molar-refractivity contribution in [3.8, 4) is 17.2 Å². The molecule has 0 bridgehead atoms. The molecule has 0 aromatic heterocycles. The van der Waals surface area contributed by atoms with Gasteiger partial charge in [-0.15, -0.1) is 0 Å². The maximum Gasteiger partial charge on any atom is 0.410 e. The first-order valence-corrected chi connectivity index (χ1v) is 8.45. The Kier molecular flexibility index (Phi) is 3.69. The molecule has 25 heavy (non-hydrogen) atoms. The van der Waals surface area contributed by atoms with Gasteiger partial charge in [0.2, 0.25) is 0 Å². The van der Waals surface area contributed by atoms with Crippen LogP contribution in [-0.2, 0) is 4.74 Å². The molecule has 138 valence electrons. The van der Waals surface area contributed by atoms with Gasteiger partial charge < -0.3 is 23.8 Å². The molecule has 2 heterocycles. The van der Waals surface area contributed by atoms with Crippen LogP contribution in [0.3, 0.4) is 0 Å². The van der Waals surface area contributed by atoms with E-state index in [1.807, 2.05) is 20.8 Å². The Labute approximate surface area is 154 Å². The maximum absolute atomic E-state index is 12.2. The lowest BCUT2D eigenvalue weighted by atomic mass is 10.1. The van der Waals surface area contributed by atoms with E-state index in [1.54, 1.807) is 17.9 Å². The normalized spacial score (nSPS) is 24.4. The Bertz CT molecular complexity index is 786. The molecule has 0 N–H and O–H groups in total. The highest BCUT2D eigenvalue weighted by Gasteiger charge is 2.28. The number of nitrogens with zero attached hydrogens (tertiary/aromatic N) is 1. The van der Waals surface area contributed by atoms with E-state index in [9.17, 15) is 4.79 Å². The summed E-state index contributed by atoms with van der Waals surface area (Å²) in [5.74, 6) is 0.782. The van der Waals surface area contributed by atoms with E-state index in [2.05, 4.69) is 0 Å². The monoisotopic (exact) mass is 353 g/mol. The van der Waals surface area contributed by atoms with Gasteiger partial charge in [-0.05, 0) is 39.8 Å². The first kappa shape index (κ1) is 13.1. The Hall–Kier alpha value is -2.11. The zero-order valence-electron chi connectivity index (χ0n) is 19.0. The molecule has 0 atom stereocenters. The summed E-state index contributed by atoms with van der Waals surface area (Å²) < 4.78 is 52.8. The smallest absolute Gasteiger partial charge is 0.410 e. The fraction of sp³-hybridized carbons (Fsp3) is 0.632. The second-order valence-electron chi connectivity index (χ2n) is 7.21. The molecule has 0 radical (unpaired) electrons. The molecule has 0 aliphatic carbocycles. The highest BCUT2D eigenvalue weighted by Crippen LogP contribution is 2.39.